The van der Waals surface area contributed by atoms with Crippen molar-refractivity contribution in [2.45, 2.75) is 18.8 Å². The molecule has 0 saturated carbocycles. The van der Waals surface area contributed by atoms with E-state index in [2.05, 4.69) is 9.97 Å². The number of anilines is 1. The molecule has 6 heteroatoms. The van der Waals surface area contributed by atoms with E-state index in [0.717, 1.165) is 31.5 Å². The van der Waals surface area contributed by atoms with Crippen molar-refractivity contribution in [3.8, 4) is 0 Å². The smallest absolute Gasteiger partial charge is 0.237 e. The molecule has 0 radical (unpaired) electrons. The molecule has 0 spiro atoms. The van der Waals surface area contributed by atoms with Crippen LogP contribution in [0.1, 0.15) is 30.1 Å². The minimum absolute atomic E-state index is 0. The lowest BCUT2D eigenvalue weighted by molar-refractivity contribution is -0.130. The molecule has 112 valence electrons. The summed E-state index contributed by atoms with van der Waals surface area (Å²) in [5.41, 5.74) is 6.65. The number of aromatic amines is 1. The van der Waals surface area contributed by atoms with Crippen LogP contribution in [0.2, 0.25) is 0 Å². The van der Waals surface area contributed by atoms with Crippen molar-refractivity contribution in [1.82, 2.24) is 14.9 Å². The van der Waals surface area contributed by atoms with Gasteiger partial charge >= 0.3 is 0 Å². The Hall–Kier alpha value is -2.01. The molecule has 1 aliphatic heterocycles. The highest BCUT2D eigenvalue weighted by molar-refractivity contribution is 5.86. The summed E-state index contributed by atoms with van der Waals surface area (Å²) in [5.74, 6) is 0.801. The van der Waals surface area contributed by atoms with Gasteiger partial charge in [0.2, 0.25) is 5.91 Å². The lowest BCUT2D eigenvalue weighted by atomic mass is 9.97. The third-order valence-electron chi connectivity index (χ3n) is 3.69. The third kappa shape index (κ3) is 3.19. The van der Waals surface area contributed by atoms with E-state index < -0.39 is 5.92 Å². The van der Waals surface area contributed by atoms with E-state index in [0.29, 0.717) is 11.6 Å². The van der Waals surface area contributed by atoms with E-state index in [9.17, 15) is 4.79 Å². The zero-order valence-corrected chi connectivity index (χ0v) is 12.5. The first kappa shape index (κ1) is 15.4. The number of carbonyl (C=O) groups is 1. The van der Waals surface area contributed by atoms with Crippen molar-refractivity contribution >= 4 is 24.1 Å². The number of carbonyl (C=O) groups excluding carboxylic acids is 1. The fraction of sp³-hybridized carbons (Fsp3) is 0.333. The summed E-state index contributed by atoms with van der Waals surface area (Å²) in [6.45, 7) is 1.66. The molecule has 1 amide bonds. The zero-order chi connectivity index (χ0) is 13.9. The summed E-state index contributed by atoms with van der Waals surface area (Å²) in [5, 5.41) is 0. The monoisotopic (exact) mass is 306 g/mol. The highest BCUT2D eigenvalue weighted by Crippen LogP contribution is 2.26. The van der Waals surface area contributed by atoms with Gasteiger partial charge in [-0.05, 0) is 18.4 Å². The summed E-state index contributed by atoms with van der Waals surface area (Å²) in [6.07, 6.45) is 3.71. The minimum Gasteiger partial charge on any atom is -0.384 e. The first-order valence-corrected chi connectivity index (χ1v) is 6.90. The van der Waals surface area contributed by atoms with Crippen LogP contribution in [-0.4, -0.2) is 33.9 Å². The molecule has 1 atom stereocenters. The summed E-state index contributed by atoms with van der Waals surface area (Å²) in [6, 6.07) is 9.73. The highest BCUT2D eigenvalue weighted by atomic mass is 35.5. The normalized spacial score (nSPS) is 15.5. The van der Waals surface area contributed by atoms with Crippen LogP contribution < -0.4 is 5.73 Å². The van der Waals surface area contributed by atoms with Crippen LogP contribution in [-0.2, 0) is 4.79 Å². The van der Waals surface area contributed by atoms with Crippen LogP contribution >= 0.6 is 12.4 Å². The van der Waals surface area contributed by atoms with Gasteiger partial charge in [-0.1, -0.05) is 30.3 Å². The number of likely N-dealkylation sites (tertiary alicyclic amines) is 1. The SMILES string of the molecule is Cl.Nc1cnc(C(C(=O)N2CCCC2)c2ccccc2)[nH]1. The molecule has 5 nitrogen and oxygen atoms in total. The van der Waals surface area contributed by atoms with E-state index in [1.807, 2.05) is 35.2 Å². The molecule has 1 saturated heterocycles. The first-order chi connectivity index (χ1) is 9.75. The third-order valence-corrected chi connectivity index (χ3v) is 3.69. The number of hydrogen-bond donors (Lipinski definition) is 2. The molecule has 2 heterocycles. The molecule has 0 bridgehead atoms. The Morgan fingerprint density at radius 3 is 2.48 bits per heavy atom. The molecular weight excluding hydrogens is 288 g/mol. The van der Waals surface area contributed by atoms with Crippen molar-refractivity contribution in [3.63, 3.8) is 0 Å². The van der Waals surface area contributed by atoms with Crippen molar-refractivity contribution in [1.29, 1.82) is 0 Å². The molecule has 0 aliphatic carbocycles. The first-order valence-electron chi connectivity index (χ1n) is 6.90. The van der Waals surface area contributed by atoms with Crippen molar-refractivity contribution in [3.05, 3.63) is 47.9 Å². The van der Waals surface area contributed by atoms with Crippen LogP contribution in [0, 0.1) is 0 Å². The number of amides is 1. The fourth-order valence-electron chi connectivity index (χ4n) is 2.68. The quantitative estimate of drug-likeness (QED) is 0.912. The van der Waals surface area contributed by atoms with Gasteiger partial charge in [0, 0.05) is 13.1 Å². The largest absolute Gasteiger partial charge is 0.384 e. The van der Waals surface area contributed by atoms with Crippen molar-refractivity contribution in [2.75, 3.05) is 18.8 Å². The second kappa shape index (κ2) is 6.63. The van der Waals surface area contributed by atoms with Gasteiger partial charge in [-0.25, -0.2) is 4.98 Å². The summed E-state index contributed by atoms with van der Waals surface area (Å²) in [7, 11) is 0. The fourth-order valence-corrected chi connectivity index (χ4v) is 2.68. The van der Waals surface area contributed by atoms with Gasteiger partial charge in [0.1, 0.15) is 17.6 Å². The van der Waals surface area contributed by atoms with E-state index >= 15 is 0 Å². The number of halogens is 1. The lowest BCUT2D eigenvalue weighted by Crippen LogP contribution is -2.33. The Kier molecular flexibility index (Phi) is 4.85. The van der Waals surface area contributed by atoms with Crippen LogP contribution in [0.5, 0.6) is 0 Å². The zero-order valence-electron chi connectivity index (χ0n) is 11.7. The second-order valence-corrected chi connectivity index (χ2v) is 5.10. The highest BCUT2D eigenvalue weighted by Gasteiger charge is 2.30. The maximum Gasteiger partial charge on any atom is 0.237 e. The molecule has 3 N–H and O–H groups in total. The second-order valence-electron chi connectivity index (χ2n) is 5.10. The number of nitrogen functional groups attached to an aromatic ring is 1. The average molecular weight is 307 g/mol. The van der Waals surface area contributed by atoms with Gasteiger partial charge in [-0.2, -0.15) is 0 Å². The van der Waals surface area contributed by atoms with Gasteiger partial charge < -0.3 is 15.6 Å². The topological polar surface area (TPSA) is 75.0 Å². The van der Waals surface area contributed by atoms with Gasteiger partial charge in [-0.3, -0.25) is 4.79 Å². The molecule has 21 heavy (non-hydrogen) atoms. The van der Waals surface area contributed by atoms with Crippen LogP contribution in [0.25, 0.3) is 0 Å². The number of imidazole rings is 1. The van der Waals surface area contributed by atoms with Gasteiger partial charge in [0.15, 0.2) is 0 Å². The molecule has 3 rings (SSSR count). The van der Waals surface area contributed by atoms with E-state index in [1.165, 1.54) is 0 Å². The molecule has 2 aromatic rings. The number of hydrogen-bond acceptors (Lipinski definition) is 3. The minimum atomic E-state index is -0.397. The summed E-state index contributed by atoms with van der Waals surface area (Å²) >= 11 is 0. The van der Waals surface area contributed by atoms with Gasteiger partial charge in [0.25, 0.3) is 0 Å². The number of aromatic nitrogens is 2. The Morgan fingerprint density at radius 2 is 1.90 bits per heavy atom. The van der Waals surface area contributed by atoms with E-state index in [-0.39, 0.29) is 18.3 Å². The Labute approximate surface area is 130 Å². The maximum absolute atomic E-state index is 12.8. The average Bonchev–Trinajstić information content (AvgIpc) is 3.12. The lowest BCUT2D eigenvalue weighted by Gasteiger charge is -2.22. The van der Waals surface area contributed by atoms with Crippen LogP contribution in [0.3, 0.4) is 0 Å². The van der Waals surface area contributed by atoms with E-state index in [1.54, 1.807) is 6.20 Å². The molecule has 1 aromatic carbocycles. The van der Waals surface area contributed by atoms with Crippen molar-refractivity contribution in [2.24, 2.45) is 0 Å². The Balaban J connectivity index is 0.00000161. The predicted octanol–water partition coefficient (Wildman–Crippen LogP) is 2.17. The number of rotatable bonds is 3. The van der Waals surface area contributed by atoms with Crippen LogP contribution in [0.4, 0.5) is 5.82 Å². The van der Waals surface area contributed by atoms with Gasteiger partial charge in [0.05, 0.1) is 6.20 Å². The number of H-pyrrole nitrogens is 1. The molecule has 1 fully saturated rings. The number of nitrogens with one attached hydrogen (secondary N) is 1. The Morgan fingerprint density at radius 1 is 1.24 bits per heavy atom. The number of benzene rings is 1. The summed E-state index contributed by atoms with van der Waals surface area (Å²) in [4.78, 5) is 21.9. The maximum atomic E-state index is 12.8. The standard InChI is InChI=1S/C15H18N4O.ClH/c16-12-10-17-14(18-12)13(11-6-2-1-3-7-11)15(20)19-8-4-5-9-19;/h1-3,6-7,10,13H,4-5,8-9,16H2,(H,17,18);1H. The van der Waals surface area contributed by atoms with Crippen molar-refractivity contribution < 1.29 is 4.79 Å². The summed E-state index contributed by atoms with van der Waals surface area (Å²) < 4.78 is 0. The molecule has 1 aliphatic rings. The van der Waals surface area contributed by atoms with Gasteiger partial charge in [-0.15, -0.1) is 12.4 Å². The van der Waals surface area contributed by atoms with Crippen LogP contribution in [0.15, 0.2) is 36.5 Å². The molecular formula is C15H19ClN4O. The predicted molar refractivity (Wildman–Crippen MR) is 84.3 cm³/mol. The molecule has 1 aromatic heterocycles. The Bertz CT molecular complexity index is 593. The number of nitrogens with two attached hydrogens (primary N) is 1. The molecule has 1 unspecified atom stereocenters. The van der Waals surface area contributed by atoms with E-state index in [4.69, 9.17) is 5.73 Å². The number of nitrogens with zero attached hydrogens (tertiary/aromatic N) is 2.